The van der Waals surface area contributed by atoms with E-state index >= 15 is 0 Å². The number of nitrogens with zero attached hydrogens (tertiary/aromatic N) is 2. The van der Waals surface area contributed by atoms with Crippen molar-refractivity contribution in [3.05, 3.63) is 0 Å². The predicted molar refractivity (Wildman–Crippen MR) is 80.8 cm³/mol. The van der Waals surface area contributed by atoms with E-state index in [0.29, 0.717) is 19.0 Å². The van der Waals surface area contributed by atoms with Crippen LogP contribution in [0.3, 0.4) is 0 Å². The van der Waals surface area contributed by atoms with Crippen LogP contribution in [0.15, 0.2) is 0 Å². The number of hydrogen-bond acceptors (Lipinski definition) is 3. The fourth-order valence-electron chi connectivity index (χ4n) is 3.54. The molecule has 0 aliphatic carbocycles. The Morgan fingerprint density at radius 3 is 2.09 bits per heavy atom. The first kappa shape index (κ1) is 18.5. The van der Waals surface area contributed by atoms with Crippen molar-refractivity contribution in [3.8, 4) is 0 Å². The summed E-state index contributed by atoms with van der Waals surface area (Å²) in [6, 6.07) is -0.299. The molecule has 0 radical (unpaired) electrons. The molecular weight excluding hydrogens is 309 g/mol. The predicted octanol–water partition coefficient (Wildman–Crippen LogP) is 2.27. The van der Waals surface area contributed by atoms with Crippen LogP contribution in [-0.2, 0) is 4.79 Å². The second kappa shape index (κ2) is 7.38. The lowest BCUT2D eigenvalue weighted by Crippen LogP contribution is -2.52. The molecule has 2 atom stereocenters. The zero-order chi connectivity index (χ0) is 17.2. The van der Waals surface area contributed by atoms with Gasteiger partial charge in [0.25, 0.3) is 0 Å². The Bertz CT molecular complexity index is 401. The fraction of sp³-hybridized carbons (Fsp3) is 0.938. The van der Waals surface area contributed by atoms with E-state index in [2.05, 4.69) is 6.92 Å². The van der Waals surface area contributed by atoms with Gasteiger partial charge in [-0.1, -0.05) is 6.92 Å². The van der Waals surface area contributed by atoms with E-state index in [9.17, 15) is 23.1 Å². The number of alkyl halides is 3. The summed E-state index contributed by atoms with van der Waals surface area (Å²) in [5.41, 5.74) is 0. The zero-order valence-corrected chi connectivity index (χ0v) is 13.9. The minimum Gasteiger partial charge on any atom is -0.383 e. The molecular formula is C16H27F3N2O2. The summed E-state index contributed by atoms with van der Waals surface area (Å²) >= 11 is 0. The van der Waals surface area contributed by atoms with Gasteiger partial charge in [-0.3, -0.25) is 9.69 Å². The lowest BCUT2D eigenvalue weighted by molar-refractivity contribution is -0.223. The number of aliphatic hydroxyl groups excluding tert-OH is 1. The molecule has 0 aromatic carbocycles. The molecule has 2 aliphatic heterocycles. The molecule has 1 N–H and O–H groups in total. The maximum absolute atomic E-state index is 12.6. The topological polar surface area (TPSA) is 43.8 Å². The van der Waals surface area contributed by atoms with E-state index in [0.717, 1.165) is 25.9 Å². The third kappa shape index (κ3) is 4.59. The number of rotatable bonds is 3. The Balaban J connectivity index is 1.83. The van der Waals surface area contributed by atoms with Gasteiger partial charge in [0.05, 0.1) is 6.04 Å². The Labute approximate surface area is 135 Å². The number of likely N-dealkylation sites (tertiary alicyclic amines) is 2. The Morgan fingerprint density at radius 1 is 1.09 bits per heavy atom. The largest absolute Gasteiger partial charge is 0.414 e. The number of piperidine rings is 2. The number of hydrogen-bond donors (Lipinski definition) is 1. The summed E-state index contributed by atoms with van der Waals surface area (Å²) < 4.78 is 37.7. The first-order valence-electron chi connectivity index (χ1n) is 8.47. The number of aliphatic hydroxyl groups is 1. The molecule has 4 nitrogen and oxygen atoms in total. The van der Waals surface area contributed by atoms with Crippen molar-refractivity contribution in [1.82, 2.24) is 9.80 Å². The van der Waals surface area contributed by atoms with Crippen LogP contribution in [0.2, 0.25) is 0 Å². The molecule has 2 aliphatic rings. The van der Waals surface area contributed by atoms with Gasteiger partial charge in [-0.15, -0.1) is 0 Å². The molecule has 7 heteroatoms. The van der Waals surface area contributed by atoms with Crippen LogP contribution >= 0.6 is 0 Å². The van der Waals surface area contributed by atoms with E-state index in [1.165, 1.54) is 0 Å². The average Bonchev–Trinajstić information content (AvgIpc) is 2.53. The van der Waals surface area contributed by atoms with Gasteiger partial charge in [-0.25, -0.2) is 0 Å². The third-order valence-corrected chi connectivity index (χ3v) is 5.36. The maximum Gasteiger partial charge on any atom is 0.414 e. The molecule has 0 bridgehead atoms. The van der Waals surface area contributed by atoms with Crippen molar-refractivity contribution in [2.24, 2.45) is 11.8 Å². The van der Waals surface area contributed by atoms with E-state index in [1.807, 2.05) is 16.7 Å². The number of carbonyl (C=O) groups excluding carboxylic acids is 1. The Hall–Kier alpha value is -0.820. The number of carbonyl (C=O) groups is 1. The first-order chi connectivity index (χ1) is 10.7. The van der Waals surface area contributed by atoms with E-state index in [4.69, 9.17) is 0 Å². The summed E-state index contributed by atoms with van der Waals surface area (Å²) in [5.74, 6) is -0.0370. The fourth-order valence-corrected chi connectivity index (χ4v) is 3.54. The van der Waals surface area contributed by atoms with Crippen molar-refractivity contribution in [2.45, 2.75) is 57.9 Å². The lowest BCUT2D eigenvalue weighted by atomic mass is 9.90. The molecule has 2 rings (SSSR count). The van der Waals surface area contributed by atoms with Crippen molar-refractivity contribution < 1.29 is 23.1 Å². The summed E-state index contributed by atoms with van der Waals surface area (Å²) in [5, 5.41) is 9.35. The smallest absolute Gasteiger partial charge is 0.383 e. The maximum atomic E-state index is 12.6. The zero-order valence-electron chi connectivity index (χ0n) is 13.9. The van der Waals surface area contributed by atoms with Crippen LogP contribution in [0, 0.1) is 11.8 Å². The summed E-state index contributed by atoms with van der Waals surface area (Å²) in [7, 11) is 0. The van der Waals surface area contributed by atoms with Crippen LogP contribution in [0.25, 0.3) is 0 Å². The first-order valence-corrected chi connectivity index (χ1v) is 8.47. The molecule has 2 saturated heterocycles. The highest BCUT2D eigenvalue weighted by Crippen LogP contribution is 2.32. The quantitative estimate of drug-likeness (QED) is 0.860. The average molecular weight is 336 g/mol. The van der Waals surface area contributed by atoms with E-state index < -0.39 is 18.2 Å². The van der Waals surface area contributed by atoms with Crippen molar-refractivity contribution >= 4 is 5.91 Å². The molecule has 0 aromatic rings. The molecule has 134 valence electrons. The van der Waals surface area contributed by atoms with E-state index in [-0.39, 0.29) is 24.8 Å². The third-order valence-electron chi connectivity index (χ3n) is 5.36. The molecule has 2 heterocycles. The van der Waals surface area contributed by atoms with Gasteiger partial charge < -0.3 is 10.0 Å². The van der Waals surface area contributed by atoms with E-state index in [1.54, 1.807) is 0 Å². The van der Waals surface area contributed by atoms with Gasteiger partial charge in [0.2, 0.25) is 5.91 Å². The van der Waals surface area contributed by atoms with Crippen molar-refractivity contribution in [2.75, 3.05) is 26.2 Å². The van der Waals surface area contributed by atoms with Crippen LogP contribution in [0.5, 0.6) is 0 Å². The molecule has 0 saturated carbocycles. The van der Waals surface area contributed by atoms with Gasteiger partial charge in [0.1, 0.15) is 0 Å². The van der Waals surface area contributed by atoms with Crippen LogP contribution in [0.1, 0.15) is 39.5 Å². The Morgan fingerprint density at radius 2 is 1.61 bits per heavy atom. The summed E-state index contributed by atoms with van der Waals surface area (Å²) in [6.07, 6.45) is -4.24. The number of amides is 1. The SMILES string of the molecule is CC1CCN(C(=O)C(C)N2CCC(C(O)C(F)(F)F)CC2)CC1. The van der Waals surface area contributed by atoms with Gasteiger partial charge >= 0.3 is 6.18 Å². The van der Waals surface area contributed by atoms with Gasteiger partial charge in [0.15, 0.2) is 6.10 Å². The molecule has 1 amide bonds. The standard InChI is InChI=1S/C16H27F3N2O2/c1-11-3-7-21(8-4-11)15(23)12(2)20-9-5-13(6-10-20)14(22)16(17,18)19/h11-14,22H,3-10H2,1-2H3. The molecule has 0 spiro atoms. The summed E-state index contributed by atoms with van der Waals surface area (Å²) in [6.45, 7) is 6.41. The minimum absolute atomic E-state index is 0.0757. The minimum atomic E-state index is -4.56. The van der Waals surface area contributed by atoms with Gasteiger partial charge in [0, 0.05) is 13.1 Å². The molecule has 2 unspecified atom stereocenters. The normalized spacial score (nSPS) is 25.4. The molecule has 0 aromatic heterocycles. The lowest BCUT2D eigenvalue weighted by Gasteiger charge is -2.40. The van der Waals surface area contributed by atoms with Crippen LogP contribution in [0.4, 0.5) is 13.2 Å². The number of halogens is 3. The van der Waals surface area contributed by atoms with Crippen LogP contribution in [-0.4, -0.2) is 65.3 Å². The Kier molecular flexibility index (Phi) is 5.94. The highest BCUT2D eigenvalue weighted by Gasteiger charge is 2.44. The highest BCUT2D eigenvalue weighted by molar-refractivity contribution is 5.81. The van der Waals surface area contributed by atoms with Gasteiger partial charge in [-0.05, 0) is 57.5 Å². The highest BCUT2D eigenvalue weighted by atomic mass is 19.4. The molecule has 2 fully saturated rings. The second-order valence-corrected chi connectivity index (χ2v) is 7.04. The second-order valence-electron chi connectivity index (χ2n) is 7.04. The monoisotopic (exact) mass is 336 g/mol. The van der Waals surface area contributed by atoms with Crippen LogP contribution < -0.4 is 0 Å². The van der Waals surface area contributed by atoms with Crippen molar-refractivity contribution in [3.63, 3.8) is 0 Å². The summed E-state index contributed by atoms with van der Waals surface area (Å²) in [4.78, 5) is 16.4. The molecule has 23 heavy (non-hydrogen) atoms. The van der Waals surface area contributed by atoms with Gasteiger partial charge in [-0.2, -0.15) is 13.2 Å². The van der Waals surface area contributed by atoms with Crippen molar-refractivity contribution in [1.29, 1.82) is 0 Å².